The minimum Gasteiger partial charge on any atom is -0.357 e. The second-order valence-corrected chi connectivity index (χ2v) is 8.14. The third-order valence-electron chi connectivity index (χ3n) is 5.96. The van der Waals surface area contributed by atoms with Gasteiger partial charge in [-0.15, -0.1) is 0 Å². The number of amides is 1. The van der Waals surface area contributed by atoms with Crippen LogP contribution in [0, 0.1) is 0 Å². The molecule has 5 heteroatoms. The number of carbonyl (C=O) groups excluding carboxylic acids is 1. The molecule has 2 fully saturated rings. The number of anilines is 1. The molecule has 2 aromatic rings. The largest absolute Gasteiger partial charge is 0.357 e. The lowest BCUT2D eigenvalue weighted by Gasteiger charge is -2.28. The Morgan fingerprint density at radius 1 is 1.11 bits per heavy atom. The van der Waals surface area contributed by atoms with E-state index in [1.54, 1.807) is 0 Å². The first-order valence-corrected chi connectivity index (χ1v) is 10.3. The molecule has 1 aromatic carbocycles. The van der Waals surface area contributed by atoms with Crippen molar-refractivity contribution >= 4 is 23.3 Å². The summed E-state index contributed by atoms with van der Waals surface area (Å²) in [7, 11) is 0. The highest BCUT2D eigenvalue weighted by Gasteiger charge is 2.42. The predicted octanol–water partition coefficient (Wildman–Crippen LogP) is 4.46. The van der Waals surface area contributed by atoms with Crippen molar-refractivity contribution in [2.24, 2.45) is 0 Å². The average Bonchev–Trinajstić information content (AvgIpc) is 3.39. The molecule has 142 valence electrons. The number of nitrogens with one attached hydrogen (secondary N) is 1. The maximum Gasteiger partial charge on any atom is 0.230 e. The van der Waals surface area contributed by atoms with Crippen LogP contribution in [0.2, 0.25) is 5.02 Å². The Bertz CT molecular complexity index is 811. The van der Waals surface area contributed by atoms with Gasteiger partial charge in [0.05, 0.1) is 5.41 Å². The van der Waals surface area contributed by atoms with E-state index < -0.39 is 5.41 Å². The second kappa shape index (κ2) is 7.89. The van der Waals surface area contributed by atoms with Crippen LogP contribution < -0.4 is 10.2 Å². The van der Waals surface area contributed by atoms with Crippen LogP contribution in [0.4, 0.5) is 5.82 Å². The summed E-state index contributed by atoms with van der Waals surface area (Å²) >= 11 is 6.20. The Kier molecular flexibility index (Phi) is 5.35. The summed E-state index contributed by atoms with van der Waals surface area (Å²) in [6.07, 6.45) is 8.22. The number of benzene rings is 1. The minimum atomic E-state index is -0.449. The van der Waals surface area contributed by atoms with E-state index in [4.69, 9.17) is 11.6 Å². The van der Waals surface area contributed by atoms with Crippen molar-refractivity contribution in [1.29, 1.82) is 0 Å². The maximum absolute atomic E-state index is 13.2. The SMILES string of the molecule is O=C(NCc1ccnc(N2CCCC2)c1)C1(c2cccc(Cl)c2)CCCC1. The molecule has 1 amide bonds. The van der Waals surface area contributed by atoms with Crippen molar-refractivity contribution in [2.75, 3.05) is 18.0 Å². The summed E-state index contributed by atoms with van der Waals surface area (Å²) in [4.78, 5) is 20.0. The number of pyridine rings is 1. The molecule has 0 atom stereocenters. The van der Waals surface area contributed by atoms with E-state index in [9.17, 15) is 4.79 Å². The Morgan fingerprint density at radius 3 is 2.63 bits per heavy atom. The molecule has 4 rings (SSSR count). The fourth-order valence-corrected chi connectivity index (χ4v) is 4.64. The van der Waals surface area contributed by atoms with Crippen LogP contribution in [-0.4, -0.2) is 24.0 Å². The van der Waals surface area contributed by atoms with E-state index in [0.717, 1.165) is 55.7 Å². The average molecular weight is 384 g/mol. The van der Waals surface area contributed by atoms with E-state index in [1.165, 1.54) is 12.8 Å². The molecule has 2 heterocycles. The summed E-state index contributed by atoms with van der Waals surface area (Å²) in [5, 5.41) is 3.88. The van der Waals surface area contributed by atoms with E-state index in [1.807, 2.05) is 36.5 Å². The Morgan fingerprint density at radius 2 is 1.89 bits per heavy atom. The van der Waals surface area contributed by atoms with Crippen LogP contribution in [0.1, 0.15) is 49.7 Å². The smallest absolute Gasteiger partial charge is 0.230 e. The molecule has 0 spiro atoms. The standard InChI is InChI=1S/C22H26ClN3O/c23-19-7-5-6-18(15-19)22(9-1-2-10-22)21(27)25-16-17-8-11-24-20(14-17)26-12-3-4-13-26/h5-8,11,14-15H,1-4,9-10,12-13,16H2,(H,25,27). The normalized spacial score (nSPS) is 18.6. The van der Waals surface area contributed by atoms with Gasteiger partial charge in [-0.05, 0) is 61.1 Å². The first kappa shape index (κ1) is 18.3. The monoisotopic (exact) mass is 383 g/mol. The zero-order valence-corrected chi connectivity index (χ0v) is 16.3. The number of aromatic nitrogens is 1. The Balaban J connectivity index is 1.48. The van der Waals surface area contributed by atoms with Gasteiger partial charge < -0.3 is 10.2 Å². The fourth-order valence-electron chi connectivity index (χ4n) is 4.45. The van der Waals surface area contributed by atoms with Gasteiger partial charge in [0.2, 0.25) is 5.91 Å². The topological polar surface area (TPSA) is 45.2 Å². The molecule has 4 nitrogen and oxygen atoms in total. The first-order valence-electron chi connectivity index (χ1n) is 9.92. The minimum absolute atomic E-state index is 0.113. The van der Waals surface area contributed by atoms with Gasteiger partial charge in [-0.2, -0.15) is 0 Å². The van der Waals surface area contributed by atoms with E-state index in [0.29, 0.717) is 11.6 Å². The molecule has 0 unspecified atom stereocenters. The quantitative estimate of drug-likeness (QED) is 0.828. The molecule has 1 saturated heterocycles. The van der Waals surface area contributed by atoms with E-state index in [2.05, 4.69) is 21.3 Å². The zero-order valence-electron chi connectivity index (χ0n) is 15.6. The third-order valence-corrected chi connectivity index (χ3v) is 6.20. The summed E-state index contributed by atoms with van der Waals surface area (Å²) in [5.41, 5.74) is 1.69. The van der Waals surface area contributed by atoms with Gasteiger partial charge in [0.1, 0.15) is 5.82 Å². The van der Waals surface area contributed by atoms with Gasteiger partial charge in [-0.3, -0.25) is 4.79 Å². The third kappa shape index (κ3) is 3.81. The van der Waals surface area contributed by atoms with E-state index in [-0.39, 0.29) is 5.91 Å². The molecule has 27 heavy (non-hydrogen) atoms. The van der Waals surface area contributed by atoms with Gasteiger partial charge in [0.15, 0.2) is 0 Å². The highest BCUT2D eigenvalue weighted by molar-refractivity contribution is 6.30. The van der Waals surface area contributed by atoms with Crippen LogP contribution in [0.5, 0.6) is 0 Å². The molecule has 2 aliphatic rings. The highest BCUT2D eigenvalue weighted by atomic mass is 35.5. The molecule has 1 aliphatic heterocycles. The second-order valence-electron chi connectivity index (χ2n) is 7.70. The maximum atomic E-state index is 13.2. The van der Waals surface area contributed by atoms with Crippen molar-refractivity contribution < 1.29 is 4.79 Å². The van der Waals surface area contributed by atoms with Gasteiger partial charge in [0, 0.05) is 30.9 Å². The van der Waals surface area contributed by atoms with Gasteiger partial charge in [0.25, 0.3) is 0 Å². The molecule has 0 radical (unpaired) electrons. The Labute approximate surface area is 165 Å². The number of carbonyl (C=O) groups is 1. The molecular weight excluding hydrogens is 358 g/mol. The van der Waals surface area contributed by atoms with Crippen LogP contribution in [-0.2, 0) is 16.8 Å². The lowest BCUT2D eigenvalue weighted by atomic mass is 9.78. The van der Waals surface area contributed by atoms with Crippen LogP contribution in [0.3, 0.4) is 0 Å². The van der Waals surface area contributed by atoms with Gasteiger partial charge in [-0.1, -0.05) is 36.6 Å². The van der Waals surface area contributed by atoms with Gasteiger partial charge in [-0.25, -0.2) is 4.98 Å². The van der Waals surface area contributed by atoms with Crippen molar-refractivity contribution in [1.82, 2.24) is 10.3 Å². The summed E-state index contributed by atoms with van der Waals surface area (Å²) < 4.78 is 0. The molecule has 0 bridgehead atoms. The summed E-state index contributed by atoms with van der Waals surface area (Å²) in [6, 6.07) is 11.9. The summed E-state index contributed by atoms with van der Waals surface area (Å²) in [5.74, 6) is 1.13. The highest BCUT2D eigenvalue weighted by Crippen LogP contribution is 2.42. The van der Waals surface area contributed by atoms with Gasteiger partial charge >= 0.3 is 0 Å². The van der Waals surface area contributed by atoms with Crippen molar-refractivity contribution in [3.8, 4) is 0 Å². The molecule has 1 aliphatic carbocycles. The Hall–Kier alpha value is -2.07. The first-order chi connectivity index (χ1) is 13.2. The number of hydrogen-bond donors (Lipinski definition) is 1. The van der Waals surface area contributed by atoms with Crippen LogP contribution in [0.15, 0.2) is 42.6 Å². The molecular formula is C22H26ClN3O. The molecule has 1 N–H and O–H groups in total. The number of nitrogens with zero attached hydrogens (tertiary/aromatic N) is 2. The zero-order chi connectivity index (χ0) is 18.7. The molecule has 1 aromatic heterocycles. The van der Waals surface area contributed by atoms with Crippen molar-refractivity contribution in [3.63, 3.8) is 0 Å². The van der Waals surface area contributed by atoms with Crippen molar-refractivity contribution in [2.45, 2.75) is 50.5 Å². The number of rotatable bonds is 5. The lowest BCUT2D eigenvalue weighted by molar-refractivity contribution is -0.126. The number of halogens is 1. The lowest BCUT2D eigenvalue weighted by Crippen LogP contribution is -2.42. The molecule has 1 saturated carbocycles. The van der Waals surface area contributed by atoms with Crippen LogP contribution >= 0.6 is 11.6 Å². The summed E-state index contributed by atoms with van der Waals surface area (Å²) in [6.45, 7) is 2.67. The fraction of sp³-hybridized carbons (Fsp3) is 0.455. The number of hydrogen-bond acceptors (Lipinski definition) is 3. The van der Waals surface area contributed by atoms with E-state index >= 15 is 0 Å². The van der Waals surface area contributed by atoms with Crippen LogP contribution in [0.25, 0.3) is 0 Å². The predicted molar refractivity (Wildman–Crippen MR) is 109 cm³/mol. The van der Waals surface area contributed by atoms with Crippen molar-refractivity contribution in [3.05, 3.63) is 58.7 Å².